The Morgan fingerprint density at radius 2 is 1.75 bits per heavy atom. The number of carboxylic acid groups (broad SMARTS) is 1. The molecule has 2 N–H and O–H groups in total. The summed E-state index contributed by atoms with van der Waals surface area (Å²) in [4.78, 5) is 24.5. The molecule has 132 valence electrons. The number of nitrogens with zero attached hydrogens (tertiary/aromatic N) is 1. The standard InChI is InChI=1S/C15H17F3N2O4/c1-14(6-8-20(9-7-14)13(22)23)12(21)19-10-2-4-11(5-3-10)24-15(16,17)18/h2-5H,6-9H2,1H3,(H,19,21)(H,22,23). The monoisotopic (exact) mass is 346 g/mol. The van der Waals surface area contributed by atoms with Gasteiger partial charge in [0.1, 0.15) is 5.75 Å². The van der Waals surface area contributed by atoms with Crippen LogP contribution < -0.4 is 10.1 Å². The fraction of sp³-hybridized carbons (Fsp3) is 0.467. The highest BCUT2D eigenvalue weighted by Gasteiger charge is 2.38. The Hall–Kier alpha value is -2.45. The van der Waals surface area contributed by atoms with Gasteiger partial charge in [0.15, 0.2) is 0 Å². The number of nitrogens with one attached hydrogen (secondary N) is 1. The summed E-state index contributed by atoms with van der Waals surface area (Å²) >= 11 is 0. The number of piperidine rings is 1. The Labute approximate surface area is 136 Å². The molecule has 1 fully saturated rings. The van der Waals surface area contributed by atoms with E-state index >= 15 is 0 Å². The fourth-order valence-corrected chi connectivity index (χ4v) is 2.44. The number of alkyl halides is 3. The molecule has 0 unspecified atom stereocenters. The van der Waals surface area contributed by atoms with Crippen LogP contribution in [0.25, 0.3) is 0 Å². The molecule has 0 radical (unpaired) electrons. The average molecular weight is 346 g/mol. The lowest BCUT2D eigenvalue weighted by molar-refractivity contribution is -0.274. The Kier molecular flexibility index (Phi) is 4.91. The number of likely N-dealkylation sites (tertiary alicyclic amines) is 1. The van der Waals surface area contributed by atoms with E-state index in [2.05, 4.69) is 10.1 Å². The summed E-state index contributed by atoms with van der Waals surface area (Å²) in [6.45, 7) is 2.26. The van der Waals surface area contributed by atoms with Crippen LogP contribution in [0.5, 0.6) is 5.75 Å². The molecule has 0 aliphatic carbocycles. The Balaban J connectivity index is 1.96. The van der Waals surface area contributed by atoms with Gasteiger partial charge < -0.3 is 20.1 Å². The Morgan fingerprint density at radius 3 is 2.21 bits per heavy atom. The number of hydrogen-bond acceptors (Lipinski definition) is 3. The molecule has 0 atom stereocenters. The van der Waals surface area contributed by atoms with Gasteiger partial charge in [0.05, 0.1) is 5.41 Å². The minimum atomic E-state index is -4.77. The summed E-state index contributed by atoms with van der Waals surface area (Å²) in [7, 11) is 0. The van der Waals surface area contributed by atoms with Crippen LogP contribution in [0.15, 0.2) is 24.3 Å². The Bertz CT molecular complexity index is 608. The second kappa shape index (κ2) is 6.58. The molecular weight excluding hydrogens is 329 g/mol. The van der Waals surface area contributed by atoms with Crippen molar-refractivity contribution in [2.75, 3.05) is 18.4 Å². The number of anilines is 1. The van der Waals surface area contributed by atoms with Crippen molar-refractivity contribution >= 4 is 17.7 Å². The first-order valence-electron chi connectivity index (χ1n) is 7.24. The van der Waals surface area contributed by atoms with E-state index in [-0.39, 0.29) is 24.7 Å². The average Bonchev–Trinajstić information content (AvgIpc) is 2.48. The smallest absolute Gasteiger partial charge is 0.465 e. The van der Waals surface area contributed by atoms with Gasteiger partial charge in [-0.15, -0.1) is 13.2 Å². The third kappa shape index (κ3) is 4.53. The zero-order valence-corrected chi connectivity index (χ0v) is 12.9. The number of carbonyl (C=O) groups is 2. The quantitative estimate of drug-likeness (QED) is 0.880. The highest BCUT2D eigenvalue weighted by atomic mass is 19.4. The molecule has 0 spiro atoms. The van der Waals surface area contributed by atoms with E-state index in [9.17, 15) is 22.8 Å². The van der Waals surface area contributed by atoms with Crippen molar-refractivity contribution in [2.45, 2.75) is 26.1 Å². The number of ether oxygens (including phenoxy) is 1. The first kappa shape index (κ1) is 17.9. The number of amides is 2. The van der Waals surface area contributed by atoms with Crippen molar-refractivity contribution in [3.8, 4) is 5.75 Å². The second-order valence-corrected chi connectivity index (χ2v) is 5.86. The van der Waals surface area contributed by atoms with Gasteiger partial charge >= 0.3 is 12.5 Å². The molecule has 1 aromatic rings. The van der Waals surface area contributed by atoms with E-state index in [0.29, 0.717) is 18.5 Å². The van der Waals surface area contributed by atoms with Crippen LogP contribution in [0.2, 0.25) is 0 Å². The van der Waals surface area contributed by atoms with Gasteiger partial charge in [-0.05, 0) is 37.1 Å². The van der Waals surface area contributed by atoms with Crippen molar-refractivity contribution in [3.05, 3.63) is 24.3 Å². The molecular formula is C15H17F3N2O4. The number of hydrogen-bond donors (Lipinski definition) is 2. The van der Waals surface area contributed by atoms with E-state index in [1.54, 1.807) is 6.92 Å². The highest BCUT2D eigenvalue weighted by Crippen LogP contribution is 2.32. The van der Waals surface area contributed by atoms with Gasteiger partial charge in [-0.25, -0.2) is 4.79 Å². The van der Waals surface area contributed by atoms with Crippen LogP contribution >= 0.6 is 0 Å². The van der Waals surface area contributed by atoms with Gasteiger partial charge in [-0.1, -0.05) is 6.92 Å². The predicted molar refractivity (Wildman–Crippen MR) is 78.7 cm³/mol. The van der Waals surface area contributed by atoms with Gasteiger partial charge in [-0.3, -0.25) is 4.79 Å². The SMILES string of the molecule is CC1(C(=O)Nc2ccc(OC(F)(F)F)cc2)CCN(C(=O)O)CC1. The molecule has 0 aromatic heterocycles. The molecule has 1 aliphatic heterocycles. The summed E-state index contributed by atoms with van der Waals surface area (Å²) in [5.74, 6) is -0.668. The summed E-state index contributed by atoms with van der Waals surface area (Å²) in [6, 6.07) is 4.85. The van der Waals surface area contributed by atoms with Gasteiger partial charge in [-0.2, -0.15) is 0 Å². The van der Waals surface area contributed by atoms with Crippen LogP contribution in [0.4, 0.5) is 23.7 Å². The minimum absolute atomic E-state index is 0.262. The van der Waals surface area contributed by atoms with Gasteiger partial charge in [0.2, 0.25) is 5.91 Å². The fourth-order valence-electron chi connectivity index (χ4n) is 2.44. The first-order valence-corrected chi connectivity index (χ1v) is 7.24. The number of benzene rings is 1. The molecule has 0 saturated carbocycles. The van der Waals surface area contributed by atoms with Crippen molar-refractivity contribution in [1.82, 2.24) is 4.90 Å². The molecule has 0 bridgehead atoms. The largest absolute Gasteiger partial charge is 0.573 e. The number of halogens is 3. The summed E-state index contributed by atoms with van der Waals surface area (Å²) in [6.07, 6.45) is -5.03. The topological polar surface area (TPSA) is 78.9 Å². The number of rotatable bonds is 3. The van der Waals surface area contributed by atoms with Gasteiger partial charge in [0, 0.05) is 18.8 Å². The van der Waals surface area contributed by atoms with Crippen LogP contribution in [0.3, 0.4) is 0 Å². The molecule has 24 heavy (non-hydrogen) atoms. The van der Waals surface area contributed by atoms with E-state index in [0.717, 1.165) is 12.1 Å². The van der Waals surface area contributed by atoms with E-state index in [1.807, 2.05) is 0 Å². The lowest BCUT2D eigenvalue weighted by atomic mass is 9.79. The van der Waals surface area contributed by atoms with E-state index in [4.69, 9.17) is 5.11 Å². The molecule has 6 nitrogen and oxygen atoms in total. The van der Waals surface area contributed by atoms with Crippen LogP contribution in [-0.2, 0) is 4.79 Å². The third-order valence-corrected chi connectivity index (χ3v) is 4.03. The van der Waals surface area contributed by atoms with Crippen LogP contribution in [0, 0.1) is 5.41 Å². The maximum absolute atomic E-state index is 12.4. The maximum atomic E-state index is 12.4. The van der Waals surface area contributed by atoms with Crippen LogP contribution in [0.1, 0.15) is 19.8 Å². The maximum Gasteiger partial charge on any atom is 0.573 e. The summed E-state index contributed by atoms with van der Waals surface area (Å²) < 4.78 is 40.0. The zero-order chi connectivity index (χ0) is 18.0. The minimum Gasteiger partial charge on any atom is -0.465 e. The lowest BCUT2D eigenvalue weighted by Gasteiger charge is -2.36. The second-order valence-electron chi connectivity index (χ2n) is 5.86. The predicted octanol–water partition coefficient (Wildman–Crippen LogP) is 3.30. The molecule has 1 heterocycles. The summed E-state index contributed by atoms with van der Waals surface area (Å²) in [5, 5.41) is 11.6. The van der Waals surface area contributed by atoms with Crippen molar-refractivity contribution < 1.29 is 32.6 Å². The first-order chi connectivity index (χ1) is 11.1. The van der Waals surface area contributed by atoms with E-state index < -0.39 is 17.9 Å². The molecule has 1 saturated heterocycles. The third-order valence-electron chi connectivity index (χ3n) is 4.03. The van der Waals surface area contributed by atoms with Crippen molar-refractivity contribution in [3.63, 3.8) is 0 Å². The molecule has 2 amide bonds. The molecule has 9 heteroatoms. The molecule has 1 aliphatic rings. The molecule has 1 aromatic carbocycles. The van der Waals surface area contributed by atoms with Crippen molar-refractivity contribution in [2.24, 2.45) is 5.41 Å². The molecule has 2 rings (SSSR count). The highest BCUT2D eigenvalue weighted by molar-refractivity contribution is 5.95. The van der Waals surface area contributed by atoms with Crippen molar-refractivity contribution in [1.29, 1.82) is 0 Å². The Morgan fingerprint density at radius 1 is 1.21 bits per heavy atom. The lowest BCUT2D eigenvalue weighted by Crippen LogP contribution is -2.46. The summed E-state index contributed by atoms with van der Waals surface area (Å²) in [5.41, 5.74) is -0.385. The van der Waals surface area contributed by atoms with Crippen LogP contribution in [-0.4, -0.2) is 41.5 Å². The normalized spacial score (nSPS) is 17.2. The van der Waals surface area contributed by atoms with E-state index in [1.165, 1.54) is 17.0 Å². The number of carbonyl (C=O) groups excluding carboxylic acids is 1. The zero-order valence-electron chi connectivity index (χ0n) is 12.9. The van der Waals surface area contributed by atoms with Gasteiger partial charge in [0.25, 0.3) is 0 Å².